The van der Waals surface area contributed by atoms with Gasteiger partial charge in [-0.2, -0.15) is 0 Å². The predicted molar refractivity (Wildman–Crippen MR) is 61.7 cm³/mol. The van der Waals surface area contributed by atoms with Crippen LogP contribution in [0.25, 0.3) is 0 Å². The maximum atomic E-state index is 11.9. The number of piperazine rings is 1. The molecule has 0 bridgehead atoms. The van der Waals surface area contributed by atoms with Gasteiger partial charge in [0, 0.05) is 39.8 Å². The number of hydrogen-bond donors (Lipinski definition) is 1. The van der Waals surface area contributed by atoms with Gasteiger partial charge in [0.2, 0.25) is 5.91 Å². The third-order valence-corrected chi connectivity index (χ3v) is 2.87. The maximum Gasteiger partial charge on any atom is 0.240 e. The van der Waals surface area contributed by atoms with Crippen molar-refractivity contribution < 1.29 is 4.79 Å². The lowest BCUT2D eigenvalue weighted by Gasteiger charge is -2.39. The van der Waals surface area contributed by atoms with Gasteiger partial charge >= 0.3 is 0 Å². The molecular formula is C11H21N3O. The largest absolute Gasteiger partial charge is 0.347 e. The van der Waals surface area contributed by atoms with Gasteiger partial charge in [-0.3, -0.25) is 9.69 Å². The summed E-state index contributed by atoms with van der Waals surface area (Å²) in [5.74, 6) is 0.163. The first-order valence-electron chi connectivity index (χ1n) is 5.38. The molecule has 15 heavy (non-hydrogen) atoms. The topological polar surface area (TPSA) is 35.6 Å². The van der Waals surface area contributed by atoms with Crippen molar-refractivity contribution in [2.75, 3.05) is 33.7 Å². The lowest BCUT2D eigenvalue weighted by Crippen LogP contribution is -2.59. The molecule has 1 heterocycles. The molecule has 0 radical (unpaired) electrons. The second-order valence-electron chi connectivity index (χ2n) is 4.17. The number of hydrogen-bond acceptors (Lipinski definition) is 3. The monoisotopic (exact) mass is 211 g/mol. The second kappa shape index (κ2) is 5.28. The first kappa shape index (κ1) is 12.2. The molecular weight excluding hydrogens is 190 g/mol. The van der Waals surface area contributed by atoms with Crippen LogP contribution < -0.4 is 5.32 Å². The van der Waals surface area contributed by atoms with Crippen LogP contribution in [0.4, 0.5) is 0 Å². The Labute approximate surface area is 91.9 Å². The standard InChI is InChI=1S/C11H21N3O/c1-5-9(2)14-7-6-12-8-10(14)11(15)13(3)4/h5,9-10,12H,1,6-8H2,2-4H3. The fourth-order valence-corrected chi connectivity index (χ4v) is 1.87. The van der Waals surface area contributed by atoms with E-state index in [-0.39, 0.29) is 18.0 Å². The van der Waals surface area contributed by atoms with Crippen LogP contribution in [0.15, 0.2) is 12.7 Å². The van der Waals surface area contributed by atoms with Crippen LogP contribution in [-0.2, 0) is 4.79 Å². The highest BCUT2D eigenvalue weighted by molar-refractivity contribution is 5.81. The molecule has 1 amide bonds. The molecule has 0 aromatic heterocycles. The van der Waals surface area contributed by atoms with Crippen molar-refractivity contribution >= 4 is 5.91 Å². The van der Waals surface area contributed by atoms with E-state index in [0.717, 1.165) is 19.6 Å². The Hall–Kier alpha value is -0.870. The smallest absolute Gasteiger partial charge is 0.240 e. The second-order valence-corrected chi connectivity index (χ2v) is 4.17. The highest BCUT2D eigenvalue weighted by atomic mass is 16.2. The predicted octanol–water partition coefficient (Wildman–Crippen LogP) is -0.0771. The molecule has 2 unspecified atom stereocenters. The molecule has 1 aliphatic heterocycles. The molecule has 0 aromatic carbocycles. The van der Waals surface area contributed by atoms with E-state index in [1.165, 1.54) is 0 Å². The van der Waals surface area contributed by atoms with Gasteiger partial charge in [-0.05, 0) is 6.92 Å². The number of likely N-dealkylation sites (N-methyl/N-ethyl adjacent to an activating group) is 1. The average molecular weight is 211 g/mol. The number of nitrogens with one attached hydrogen (secondary N) is 1. The minimum Gasteiger partial charge on any atom is -0.347 e. The molecule has 1 rings (SSSR count). The summed E-state index contributed by atoms with van der Waals surface area (Å²) in [6.07, 6.45) is 1.89. The van der Waals surface area contributed by atoms with Crippen LogP contribution in [0, 0.1) is 0 Å². The van der Waals surface area contributed by atoms with Gasteiger partial charge in [-0.25, -0.2) is 0 Å². The SMILES string of the molecule is C=CC(C)N1CCNCC1C(=O)N(C)C. The zero-order valence-corrected chi connectivity index (χ0v) is 9.86. The van der Waals surface area contributed by atoms with Crippen LogP contribution in [0.1, 0.15) is 6.92 Å². The first-order chi connectivity index (χ1) is 7.07. The zero-order chi connectivity index (χ0) is 11.4. The summed E-state index contributed by atoms with van der Waals surface area (Å²) >= 11 is 0. The van der Waals surface area contributed by atoms with Gasteiger partial charge in [0.1, 0.15) is 6.04 Å². The molecule has 1 saturated heterocycles. The molecule has 0 aromatic rings. The van der Waals surface area contributed by atoms with E-state index in [1.54, 1.807) is 19.0 Å². The molecule has 4 nitrogen and oxygen atoms in total. The Balaban J connectivity index is 2.73. The summed E-state index contributed by atoms with van der Waals surface area (Å²) in [7, 11) is 3.60. The summed E-state index contributed by atoms with van der Waals surface area (Å²) in [6.45, 7) is 8.44. The number of rotatable bonds is 3. The fraction of sp³-hybridized carbons (Fsp3) is 0.727. The quantitative estimate of drug-likeness (QED) is 0.663. The molecule has 86 valence electrons. The molecule has 1 N–H and O–H groups in total. The summed E-state index contributed by atoms with van der Waals surface area (Å²) in [5.41, 5.74) is 0. The highest BCUT2D eigenvalue weighted by Gasteiger charge is 2.31. The lowest BCUT2D eigenvalue weighted by atomic mass is 10.1. The van der Waals surface area contributed by atoms with Crippen LogP contribution in [0.5, 0.6) is 0 Å². The molecule has 1 fully saturated rings. The zero-order valence-electron chi connectivity index (χ0n) is 9.86. The summed E-state index contributed by atoms with van der Waals surface area (Å²) in [4.78, 5) is 15.8. The van der Waals surface area contributed by atoms with Crippen molar-refractivity contribution in [3.63, 3.8) is 0 Å². The average Bonchev–Trinajstić information content (AvgIpc) is 2.27. The van der Waals surface area contributed by atoms with E-state index in [9.17, 15) is 4.79 Å². The minimum atomic E-state index is -0.0539. The van der Waals surface area contributed by atoms with E-state index in [4.69, 9.17) is 0 Å². The minimum absolute atomic E-state index is 0.0539. The van der Waals surface area contributed by atoms with Crippen molar-refractivity contribution in [1.82, 2.24) is 15.1 Å². The summed E-state index contributed by atoms with van der Waals surface area (Å²) in [5, 5.41) is 3.26. The van der Waals surface area contributed by atoms with Gasteiger partial charge in [0.25, 0.3) is 0 Å². The maximum absolute atomic E-state index is 11.9. The van der Waals surface area contributed by atoms with Crippen LogP contribution >= 0.6 is 0 Å². The number of amides is 1. The molecule has 1 aliphatic rings. The Morgan fingerprint density at radius 2 is 2.33 bits per heavy atom. The first-order valence-corrected chi connectivity index (χ1v) is 5.38. The van der Waals surface area contributed by atoms with Crippen LogP contribution in [0.3, 0.4) is 0 Å². The van der Waals surface area contributed by atoms with Gasteiger partial charge in [-0.15, -0.1) is 6.58 Å². The van der Waals surface area contributed by atoms with Gasteiger partial charge in [0.15, 0.2) is 0 Å². The number of nitrogens with zero attached hydrogens (tertiary/aromatic N) is 2. The van der Waals surface area contributed by atoms with E-state index in [1.807, 2.05) is 6.08 Å². The Bertz CT molecular complexity index is 240. The Morgan fingerprint density at radius 3 is 2.87 bits per heavy atom. The van der Waals surface area contributed by atoms with Crippen molar-refractivity contribution in [1.29, 1.82) is 0 Å². The van der Waals surface area contributed by atoms with Crippen molar-refractivity contribution in [3.05, 3.63) is 12.7 Å². The third-order valence-electron chi connectivity index (χ3n) is 2.87. The Kier molecular flexibility index (Phi) is 4.29. The van der Waals surface area contributed by atoms with Gasteiger partial charge < -0.3 is 10.2 Å². The van der Waals surface area contributed by atoms with Crippen molar-refractivity contribution in [2.45, 2.75) is 19.0 Å². The lowest BCUT2D eigenvalue weighted by molar-refractivity contribution is -0.135. The molecule has 0 aliphatic carbocycles. The summed E-state index contributed by atoms with van der Waals surface area (Å²) < 4.78 is 0. The van der Waals surface area contributed by atoms with E-state index in [0.29, 0.717) is 0 Å². The summed E-state index contributed by atoms with van der Waals surface area (Å²) in [6, 6.07) is 0.197. The fourth-order valence-electron chi connectivity index (χ4n) is 1.87. The molecule has 4 heteroatoms. The van der Waals surface area contributed by atoms with E-state index < -0.39 is 0 Å². The molecule has 2 atom stereocenters. The highest BCUT2D eigenvalue weighted by Crippen LogP contribution is 2.10. The van der Waals surface area contributed by atoms with Crippen molar-refractivity contribution in [3.8, 4) is 0 Å². The van der Waals surface area contributed by atoms with E-state index >= 15 is 0 Å². The van der Waals surface area contributed by atoms with Crippen molar-refractivity contribution in [2.24, 2.45) is 0 Å². The number of carbonyl (C=O) groups excluding carboxylic acids is 1. The number of carbonyl (C=O) groups is 1. The third kappa shape index (κ3) is 2.79. The van der Waals surface area contributed by atoms with Gasteiger partial charge in [0.05, 0.1) is 0 Å². The van der Waals surface area contributed by atoms with Crippen LogP contribution in [-0.4, -0.2) is 61.5 Å². The molecule has 0 spiro atoms. The Morgan fingerprint density at radius 1 is 1.67 bits per heavy atom. The normalized spacial score (nSPS) is 24.6. The van der Waals surface area contributed by atoms with Crippen LogP contribution in [0.2, 0.25) is 0 Å². The van der Waals surface area contributed by atoms with Gasteiger partial charge in [-0.1, -0.05) is 6.08 Å². The van der Waals surface area contributed by atoms with E-state index in [2.05, 4.69) is 23.7 Å². The molecule has 0 saturated carbocycles.